The van der Waals surface area contributed by atoms with E-state index in [1.54, 1.807) is 0 Å². The van der Waals surface area contributed by atoms with Gasteiger partial charge in [0.2, 0.25) is 0 Å². The smallest absolute Gasteiger partial charge is 0.0619 e. The van der Waals surface area contributed by atoms with E-state index in [4.69, 9.17) is 0 Å². The van der Waals surface area contributed by atoms with Crippen LogP contribution in [0.1, 0.15) is 48.6 Å². The summed E-state index contributed by atoms with van der Waals surface area (Å²) < 4.78 is 0. The SMILES string of the molecule is CC(C)(C)c1cc2ccc3cc(-c4ccc5c6c(ccc5c4)-c4ccc(-c5ccc7ccc8cccc9ccc5c7c89)cc4C64c5ccccc5-c5ccccc54)cc4ccc(c1)c2c34. The molecule has 0 atom stereocenters. The Kier molecular flexibility index (Phi) is 6.72. The molecule has 0 heterocycles. The zero-order chi connectivity index (χ0) is 42.9. The highest BCUT2D eigenvalue weighted by Crippen LogP contribution is 2.64. The summed E-state index contributed by atoms with van der Waals surface area (Å²) in [6, 6.07) is 77.3. The highest BCUT2D eigenvalue weighted by atomic mass is 14.5. The first-order valence-corrected chi connectivity index (χ1v) is 23.1. The molecule has 2 aliphatic carbocycles. The zero-order valence-electron chi connectivity index (χ0n) is 36.6. The second kappa shape index (κ2) is 12.3. The zero-order valence-corrected chi connectivity index (χ0v) is 36.6. The molecule has 0 aliphatic heterocycles. The molecule has 0 aromatic heterocycles. The van der Waals surface area contributed by atoms with Gasteiger partial charge in [-0.3, -0.25) is 0 Å². The standard InChI is InChI=1S/C65H42/c1-64(2,3)48-34-45-19-17-43-32-47(33-44-18-20-46(35-48)61(45)60(43)44)40-23-27-50-41(31-40)25-30-55-53-28-24-42(49-26-21-39-16-15-37-9-8-10-38-22-29-54(49)62(39)59(37)38)36-58(53)65(63(50)55)56-13-6-4-11-51(56)52-12-5-7-14-57(52)65/h4-36H,1-3H3. The molecular weight excluding hydrogens is 781 g/mol. The maximum atomic E-state index is 2.55. The highest BCUT2D eigenvalue weighted by molar-refractivity contribution is 6.26. The van der Waals surface area contributed by atoms with Gasteiger partial charge in [0, 0.05) is 0 Å². The Morgan fingerprint density at radius 3 is 1.45 bits per heavy atom. The van der Waals surface area contributed by atoms with Crippen LogP contribution in [-0.2, 0) is 10.8 Å². The molecule has 0 amide bonds. The molecule has 0 bridgehead atoms. The molecule has 0 fully saturated rings. The van der Waals surface area contributed by atoms with Gasteiger partial charge in [-0.2, -0.15) is 0 Å². The van der Waals surface area contributed by atoms with Crippen LogP contribution in [-0.4, -0.2) is 0 Å². The Bertz CT molecular complexity index is 4080. The molecule has 0 unspecified atom stereocenters. The number of hydrogen-bond acceptors (Lipinski definition) is 0. The van der Waals surface area contributed by atoms with Crippen molar-refractivity contribution in [2.75, 3.05) is 0 Å². The highest BCUT2D eigenvalue weighted by Gasteiger charge is 2.52. The van der Waals surface area contributed by atoms with E-state index >= 15 is 0 Å². The summed E-state index contributed by atoms with van der Waals surface area (Å²) >= 11 is 0. The molecule has 2 aliphatic rings. The largest absolute Gasteiger partial charge is 0.0731 e. The first kappa shape index (κ1) is 35.6. The van der Waals surface area contributed by atoms with Gasteiger partial charge in [-0.25, -0.2) is 0 Å². The van der Waals surface area contributed by atoms with Gasteiger partial charge in [0.05, 0.1) is 5.41 Å². The van der Waals surface area contributed by atoms with Crippen molar-refractivity contribution < 1.29 is 0 Å². The van der Waals surface area contributed by atoms with Crippen molar-refractivity contribution in [3.8, 4) is 44.5 Å². The van der Waals surface area contributed by atoms with Crippen molar-refractivity contribution in [3.05, 3.63) is 228 Å². The Morgan fingerprint density at radius 1 is 0.292 bits per heavy atom. The van der Waals surface area contributed by atoms with Crippen molar-refractivity contribution in [2.45, 2.75) is 31.6 Å². The molecule has 1 spiro atoms. The normalized spacial score (nSPS) is 13.9. The fraction of sp³-hybridized carbons (Fsp3) is 0.0769. The number of hydrogen-bond donors (Lipinski definition) is 0. The minimum atomic E-state index is -0.484. The average Bonchev–Trinajstić information content (AvgIpc) is 3.81. The van der Waals surface area contributed by atoms with E-state index in [2.05, 4.69) is 221 Å². The lowest BCUT2D eigenvalue weighted by molar-refractivity contribution is 0.591. The second-order valence-electron chi connectivity index (χ2n) is 20.0. The van der Waals surface area contributed by atoms with Crippen LogP contribution in [0.15, 0.2) is 200 Å². The van der Waals surface area contributed by atoms with Crippen LogP contribution in [0.5, 0.6) is 0 Å². The van der Waals surface area contributed by atoms with E-state index in [0.29, 0.717) is 0 Å². The number of benzene rings is 13. The van der Waals surface area contributed by atoms with Crippen LogP contribution in [0, 0.1) is 0 Å². The van der Waals surface area contributed by atoms with Crippen molar-refractivity contribution in [3.63, 3.8) is 0 Å². The van der Waals surface area contributed by atoms with Gasteiger partial charge < -0.3 is 0 Å². The maximum absolute atomic E-state index is 2.55. The van der Waals surface area contributed by atoms with Gasteiger partial charge in [0.15, 0.2) is 0 Å². The van der Waals surface area contributed by atoms with Gasteiger partial charge in [0.25, 0.3) is 0 Å². The third kappa shape index (κ3) is 4.56. The lowest BCUT2D eigenvalue weighted by atomic mass is 9.69. The van der Waals surface area contributed by atoms with Crippen molar-refractivity contribution >= 4 is 75.4 Å². The van der Waals surface area contributed by atoms with Crippen LogP contribution in [0.25, 0.3) is 120 Å². The van der Waals surface area contributed by atoms with Crippen LogP contribution < -0.4 is 0 Å². The van der Waals surface area contributed by atoms with E-state index < -0.39 is 5.41 Å². The third-order valence-corrected chi connectivity index (χ3v) is 15.6. The van der Waals surface area contributed by atoms with Crippen LogP contribution in [0.4, 0.5) is 0 Å². The fourth-order valence-electron chi connectivity index (χ4n) is 12.7. The molecule has 0 N–H and O–H groups in total. The van der Waals surface area contributed by atoms with Gasteiger partial charge in [-0.15, -0.1) is 0 Å². The summed E-state index contributed by atoms with van der Waals surface area (Å²) in [5.74, 6) is 0. The summed E-state index contributed by atoms with van der Waals surface area (Å²) in [7, 11) is 0. The van der Waals surface area contributed by atoms with Gasteiger partial charge >= 0.3 is 0 Å². The lowest BCUT2D eigenvalue weighted by Gasteiger charge is -2.32. The molecule has 13 aromatic carbocycles. The van der Waals surface area contributed by atoms with Gasteiger partial charge in [0.1, 0.15) is 0 Å². The minimum Gasteiger partial charge on any atom is -0.0619 e. The minimum absolute atomic E-state index is 0.0931. The van der Waals surface area contributed by atoms with Crippen molar-refractivity contribution in [1.29, 1.82) is 0 Å². The predicted octanol–water partition coefficient (Wildman–Crippen LogP) is 17.6. The van der Waals surface area contributed by atoms with Crippen LogP contribution in [0.2, 0.25) is 0 Å². The Labute approximate surface area is 377 Å². The van der Waals surface area contributed by atoms with E-state index in [-0.39, 0.29) is 5.41 Å². The Hall–Kier alpha value is -7.80. The maximum Gasteiger partial charge on any atom is 0.0731 e. The summed E-state index contributed by atoms with van der Waals surface area (Å²) in [6.07, 6.45) is 0. The molecule has 15 rings (SSSR count). The van der Waals surface area contributed by atoms with Gasteiger partial charge in [-0.1, -0.05) is 197 Å². The van der Waals surface area contributed by atoms with E-state index in [9.17, 15) is 0 Å². The number of rotatable bonds is 2. The molecule has 0 saturated heterocycles. The first-order chi connectivity index (χ1) is 31.8. The summed E-state index contributed by atoms with van der Waals surface area (Å²) in [5.41, 5.74) is 16.8. The Balaban J connectivity index is 0.948. The third-order valence-electron chi connectivity index (χ3n) is 15.6. The van der Waals surface area contributed by atoms with Crippen molar-refractivity contribution in [2.24, 2.45) is 0 Å². The monoisotopic (exact) mass is 822 g/mol. The molecule has 65 heavy (non-hydrogen) atoms. The molecule has 302 valence electrons. The molecule has 13 aromatic rings. The number of fused-ring (bicyclic) bond motifs is 12. The lowest BCUT2D eigenvalue weighted by Crippen LogP contribution is -2.26. The average molecular weight is 823 g/mol. The Morgan fingerprint density at radius 2 is 0.769 bits per heavy atom. The summed E-state index contributed by atoms with van der Waals surface area (Å²) in [5, 5.41) is 18.5. The van der Waals surface area contributed by atoms with Crippen LogP contribution in [0.3, 0.4) is 0 Å². The van der Waals surface area contributed by atoms with Crippen LogP contribution >= 0.6 is 0 Å². The predicted molar refractivity (Wildman–Crippen MR) is 277 cm³/mol. The summed E-state index contributed by atoms with van der Waals surface area (Å²) in [6.45, 7) is 6.92. The first-order valence-electron chi connectivity index (χ1n) is 23.1. The van der Waals surface area contributed by atoms with E-state index in [1.807, 2.05) is 0 Å². The van der Waals surface area contributed by atoms with E-state index in [0.717, 1.165) is 0 Å². The topological polar surface area (TPSA) is 0 Å². The van der Waals surface area contributed by atoms with Gasteiger partial charge in [-0.05, 0) is 177 Å². The second-order valence-corrected chi connectivity index (χ2v) is 20.0. The molecule has 0 saturated carbocycles. The molecule has 0 nitrogen and oxygen atoms in total. The fourth-order valence-corrected chi connectivity index (χ4v) is 12.7. The molecular formula is C65H42. The van der Waals surface area contributed by atoms with Crippen molar-refractivity contribution in [1.82, 2.24) is 0 Å². The molecule has 0 heteroatoms. The van der Waals surface area contributed by atoms with E-state index in [1.165, 1.54) is 148 Å². The quantitative estimate of drug-likeness (QED) is 0.152. The molecule has 0 radical (unpaired) electrons. The summed E-state index contributed by atoms with van der Waals surface area (Å²) in [4.78, 5) is 0.